The van der Waals surface area contributed by atoms with Crippen LogP contribution < -0.4 is 14.4 Å². The lowest BCUT2D eigenvalue weighted by atomic mass is 10.2. The van der Waals surface area contributed by atoms with Crippen molar-refractivity contribution in [2.75, 3.05) is 24.7 Å². The van der Waals surface area contributed by atoms with E-state index in [4.69, 9.17) is 14.9 Å². The standard InChI is InChI=1S/C21H22N4O3/c1-3-27-17-10-9-13(11-18(17)28-4-2)25-12-16(26)19(20(25)22)21-23-14-7-5-6-8-15(14)24-21/h5-11,22,26H,3-4,12H2,1-2H3,(H,23,24). The number of aliphatic hydroxyl groups excluding tert-OH is 1. The zero-order valence-electron chi connectivity index (χ0n) is 15.8. The number of aliphatic hydroxyl groups is 1. The molecule has 0 atom stereocenters. The van der Waals surface area contributed by atoms with Crippen molar-refractivity contribution in [3.05, 3.63) is 54.0 Å². The maximum Gasteiger partial charge on any atom is 0.163 e. The van der Waals surface area contributed by atoms with E-state index < -0.39 is 0 Å². The third-order valence-corrected chi connectivity index (χ3v) is 4.57. The van der Waals surface area contributed by atoms with Crippen LogP contribution in [0.15, 0.2) is 48.2 Å². The lowest BCUT2D eigenvalue weighted by Crippen LogP contribution is -2.26. The second-order valence-corrected chi connectivity index (χ2v) is 6.36. The van der Waals surface area contributed by atoms with Crippen LogP contribution in [0.3, 0.4) is 0 Å². The van der Waals surface area contributed by atoms with E-state index in [2.05, 4.69) is 9.97 Å². The topological polar surface area (TPSA) is 94.5 Å². The number of aromatic amines is 1. The largest absolute Gasteiger partial charge is 0.509 e. The number of amidine groups is 1. The molecule has 0 saturated heterocycles. The average Bonchev–Trinajstić information content (AvgIpc) is 3.23. The van der Waals surface area contributed by atoms with E-state index in [0.717, 1.165) is 16.7 Å². The first kappa shape index (κ1) is 17.9. The molecule has 1 aliphatic rings. The number of nitrogens with zero attached hydrogens (tertiary/aromatic N) is 2. The molecule has 0 amide bonds. The zero-order valence-corrected chi connectivity index (χ0v) is 15.8. The van der Waals surface area contributed by atoms with Crippen LogP contribution in [-0.2, 0) is 0 Å². The summed E-state index contributed by atoms with van der Waals surface area (Å²) in [4.78, 5) is 9.43. The SMILES string of the molecule is CCOc1ccc(N2CC(O)=C(c3nc4ccccc4[nH]3)C2=N)cc1OCC. The molecule has 7 nitrogen and oxygen atoms in total. The molecule has 144 valence electrons. The number of ether oxygens (including phenoxy) is 2. The van der Waals surface area contributed by atoms with Gasteiger partial charge in [0.2, 0.25) is 0 Å². The molecule has 1 aromatic heterocycles. The lowest BCUT2D eigenvalue weighted by Gasteiger charge is -2.20. The summed E-state index contributed by atoms with van der Waals surface area (Å²) in [5.41, 5.74) is 2.81. The van der Waals surface area contributed by atoms with Gasteiger partial charge in [0.15, 0.2) is 11.5 Å². The molecule has 4 rings (SSSR count). The zero-order chi connectivity index (χ0) is 19.7. The summed E-state index contributed by atoms with van der Waals surface area (Å²) >= 11 is 0. The summed E-state index contributed by atoms with van der Waals surface area (Å²) in [5, 5.41) is 19.2. The Kier molecular flexibility index (Phi) is 4.65. The number of aromatic nitrogens is 2. The van der Waals surface area contributed by atoms with Gasteiger partial charge in [0, 0.05) is 11.8 Å². The van der Waals surface area contributed by atoms with E-state index in [0.29, 0.717) is 36.1 Å². The van der Waals surface area contributed by atoms with Gasteiger partial charge in [-0.25, -0.2) is 4.98 Å². The van der Waals surface area contributed by atoms with Gasteiger partial charge in [-0.2, -0.15) is 0 Å². The summed E-state index contributed by atoms with van der Waals surface area (Å²) in [6.07, 6.45) is 0. The molecule has 0 unspecified atom stereocenters. The maximum absolute atomic E-state index is 10.6. The van der Waals surface area contributed by atoms with Gasteiger partial charge in [-0.05, 0) is 38.1 Å². The van der Waals surface area contributed by atoms with Crippen LogP contribution >= 0.6 is 0 Å². The molecule has 2 aromatic carbocycles. The van der Waals surface area contributed by atoms with Gasteiger partial charge in [0.05, 0.1) is 36.4 Å². The Morgan fingerprint density at radius 3 is 2.61 bits per heavy atom. The molecule has 0 spiro atoms. The summed E-state index contributed by atoms with van der Waals surface area (Å²) in [6, 6.07) is 13.1. The predicted molar refractivity (Wildman–Crippen MR) is 109 cm³/mol. The molecule has 0 bridgehead atoms. The van der Waals surface area contributed by atoms with Crippen molar-refractivity contribution in [3.63, 3.8) is 0 Å². The molecule has 7 heteroatoms. The minimum absolute atomic E-state index is 0.107. The summed E-state index contributed by atoms with van der Waals surface area (Å²) in [7, 11) is 0. The Bertz CT molecular complexity index is 1040. The second-order valence-electron chi connectivity index (χ2n) is 6.36. The first-order chi connectivity index (χ1) is 13.6. The maximum atomic E-state index is 10.6. The Labute approximate surface area is 162 Å². The average molecular weight is 378 g/mol. The van der Waals surface area contributed by atoms with E-state index >= 15 is 0 Å². The van der Waals surface area contributed by atoms with E-state index in [-0.39, 0.29) is 18.1 Å². The molecular formula is C21H22N4O3. The van der Waals surface area contributed by atoms with Crippen LogP contribution in [0.2, 0.25) is 0 Å². The molecule has 0 aliphatic carbocycles. The third-order valence-electron chi connectivity index (χ3n) is 4.57. The number of hydrogen-bond donors (Lipinski definition) is 3. The second kappa shape index (κ2) is 7.26. The van der Waals surface area contributed by atoms with Crippen molar-refractivity contribution in [2.45, 2.75) is 13.8 Å². The Hall–Kier alpha value is -3.48. The van der Waals surface area contributed by atoms with Gasteiger partial charge in [-0.3, -0.25) is 5.41 Å². The quantitative estimate of drug-likeness (QED) is 0.600. The minimum Gasteiger partial charge on any atom is -0.509 e. The number of nitrogens with one attached hydrogen (secondary N) is 2. The van der Waals surface area contributed by atoms with Crippen LogP contribution in [0.5, 0.6) is 11.5 Å². The molecular weight excluding hydrogens is 356 g/mol. The number of benzene rings is 2. The van der Waals surface area contributed by atoms with Crippen LogP contribution in [0.25, 0.3) is 16.6 Å². The van der Waals surface area contributed by atoms with E-state index in [1.807, 2.05) is 56.3 Å². The molecule has 0 saturated carbocycles. The van der Waals surface area contributed by atoms with Crippen LogP contribution in [0.1, 0.15) is 19.7 Å². The molecule has 0 radical (unpaired) electrons. The molecule has 28 heavy (non-hydrogen) atoms. The highest BCUT2D eigenvalue weighted by Gasteiger charge is 2.31. The van der Waals surface area contributed by atoms with Crippen molar-refractivity contribution < 1.29 is 14.6 Å². The van der Waals surface area contributed by atoms with Crippen molar-refractivity contribution in [3.8, 4) is 11.5 Å². The fourth-order valence-corrected chi connectivity index (χ4v) is 3.33. The number of imidazole rings is 1. The third kappa shape index (κ3) is 3.05. The normalized spacial score (nSPS) is 14.2. The fraction of sp³-hybridized carbons (Fsp3) is 0.238. The van der Waals surface area contributed by atoms with Crippen molar-refractivity contribution in [1.82, 2.24) is 9.97 Å². The lowest BCUT2D eigenvalue weighted by molar-refractivity contribution is 0.288. The highest BCUT2D eigenvalue weighted by molar-refractivity contribution is 6.30. The van der Waals surface area contributed by atoms with Crippen molar-refractivity contribution in [2.24, 2.45) is 0 Å². The number of anilines is 1. The molecule has 0 fully saturated rings. The van der Waals surface area contributed by atoms with Crippen LogP contribution in [0, 0.1) is 5.41 Å². The monoisotopic (exact) mass is 378 g/mol. The first-order valence-corrected chi connectivity index (χ1v) is 9.25. The van der Waals surface area contributed by atoms with Crippen molar-refractivity contribution in [1.29, 1.82) is 5.41 Å². The van der Waals surface area contributed by atoms with E-state index in [9.17, 15) is 5.11 Å². The number of para-hydroxylation sites is 2. The smallest absolute Gasteiger partial charge is 0.163 e. The van der Waals surface area contributed by atoms with Gasteiger partial charge in [0.1, 0.15) is 17.4 Å². The van der Waals surface area contributed by atoms with Gasteiger partial charge in [0.25, 0.3) is 0 Å². The Balaban J connectivity index is 1.66. The molecule has 3 aromatic rings. The minimum atomic E-state index is 0.107. The van der Waals surface area contributed by atoms with E-state index in [1.54, 1.807) is 4.90 Å². The van der Waals surface area contributed by atoms with Crippen molar-refractivity contribution >= 4 is 28.1 Å². The van der Waals surface area contributed by atoms with Gasteiger partial charge < -0.3 is 24.5 Å². The molecule has 1 aliphatic heterocycles. The van der Waals surface area contributed by atoms with Gasteiger partial charge in [-0.15, -0.1) is 0 Å². The number of rotatable bonds is 6. The van der Waals surface area contributed by atoms with E-state index in [1.165, 1.54) is 0 Å². The number of H-pyrrole nitrogens is 1. The van der Waals surface area contributed by atoms with Gasteiger partial charge in [-0.1, -0.05) is 12.1 Å². The Morgan fingerprint density at radius 2 is 1.86 bits per heavy atom. The molecule has 2 heterocycles. The van der Waals surface area contributed by atoms with Crippen LogP contribution in [-0.4, -0.2) is 40.7 Å². The number of hydrogen-bond acceptors (Lipinski definition) is 5. The Morgan fingerprint density at radius 1 is 1.11 bits per heavy atom. The number of fused-ring (bicyclic) bond motifs is 1. The highest BCUT2D eigenvalue weighted by atomic mass is 16.5. The summed E-state index contributed by atoms with van der Waals surface area (Å²) in [6.45, 7) is 5.08. The van der Waals surface area contributed by atoms with Gasteiger partial charge >= 0.3 is 0 Å². The summed E-state index contributed by atoms with van der Waals surface area (Å²) < 4.78 is 11.3. The molecule has 3 N–H and O–H groups in total. The van der Waals surface area contributed by atoms with Crippen LogP contribution in [0.4, 0.5) is 5.69 Å². The fourth-order valence-electron chi connectivity index (χ4n) is 3.33. The first-order valence-electron chi connectivity index (χ1n) is 9.25. The highest BCUT2D eigenvalue weighted by Crippen LogP contribution is 2.36. The predicted octanol–water partition coefficient (Wildman–Crippen LogP) is 4.13. The summed E-state index contributed by atoms with van der Waals surface area (Å²) in [5.74, 6) is 2.06.